The number of pyridine rings is 1. The Labute approximate surface area is 154 Å². The third-order valence-corrected chi connectivity index (χ3v) is 4.71. The van der Waals surface area contributed by atoms with E-state index in [1.807, 2.05) is 6.07 Å². The third kappa shape index (κ3) is 4.05. The lowest BCUT2D eigenvalue weighted by molar-refractivity contribution is -0.141. The SMILES string of the molecule is COc1ccc2c(c1)CCC[C@]2(O)CNC(=O)c1ccc(C(F)(F)F)nc1. The van der Waals surface area contributed by atoms with Crippen molar-refractivity contribution in [2.75, 3.05) is 13.7 Å². The highest BCUT2D eigenvalue weighted by molar-refractivity contribution is 5.93. The highest BCUT2D eigenvalue weighted by Gasteiger charge is 2.35. The van der Waals surface area contributed by atoms with Crippen LogP contribution in [0.3, 0.4) is 0 Å². The number of halogens is 3. The van der Waals surface area contributed by atoms with Crippen molar-refractivity contribution in [3.8, 4) is 5.75 Å². The molecular formula is C19H19F3N2O3. The molecule has 0 bridgehead atoms. The molecule has 1 atom stereocenters. The van der Waals surface area contributed by atoms with Gasteiger partial charge in [0, 0.05) is 6.20 Å². The predicted molar refractivity (Wildman–Crippen MR) is 91.4 cm³/mol. The number of nitrogens with one attached hydrogen (secondary N) is 1. The molecule has 0 radical (unpaired) electrons. The maximum atomic E-state index is 12.6. The normalized spacial score (nSPS) is 19.3. The zero-order valence-corrected chi connectivity index (χ0v) is 14.6. The number of fused-ring (bicyclic) bond motifs is 1. The zero-order valence-electron chi connectivity index (χ0n) is 14.6. The fourth-order valence-electron chi connectivity index (χ4n) is 3.27. The summed E-state index contributed by atoms with van der Waals surface area (Å²) in [5, 5.41) is 13.6. The van der Waals surface area contributed by atoms with Crippen molar-refractivity contribution in [1.82, 2.24) is 10.3 Å². The lowest BCUT2D eigenvalue weighted by atomic mass is 9.79. The van der Waals surface area contributed by atoms with Crippen LogP contribution < -0.4 is 10.1 Å². The van der Waals surface area contributed by atoms with E-state index in [1.54, 1.807) is 19.2 Å². The summed E-state index contributed by atoms with van der Waals surface area (Å²) < 4.78 is 42.9. The number of ether oxygens (including phenoxy) is 1. The van der Waals surface area contributed by atoms with E-state index in [-0.39, 0.29) is 12.1 Å². The van der Waals surface area contributed by atoms with E-state index in [1.165, 1.54) is 0 Å². The zero-order chi connectivity index (χ0) is 19.7. The number of aryl methyl sites for hydroxylation is 1. The molecule has 1 aliphatic carbocycles. The molecule has 0 saturated heterocycles. The van der Waals surface area contributed by atoms with Gasteiger partial charge in [0.2, 0.25) is 0 Å². The van der Waals surface area contributed by atoms with E-state index in [2.05, 4.69) is 10.3 Å². The van der Waals surface area contributed by atoms with E-state index in [9.17, 15) is 23.1 Å². The Morgan fingerprint density at radius 3 is 2.74 bits per heavy atom. The molecule has 144 valence electrons. The van der Waals surface area contributed by atoms with E-state index < -0.39 is 23.4 Å². The summed E-state index contributed by atoms with van der Waals surface area (Å²) in [4.78, 5) is 15.5. The molecule has 1 amide bonds. The van der Waals surface area contributed by atoms with Crippen molar-refractivity contribution < 1.29 is 27.8 Å². The molecule has 0 fully saturated rings. The van der Waals surface area contributed by atoms with Crippen molar-refractivity contribution in [3.63, 3.8) is 0 Å². The lowest BCUT2D eigenvalue weighted by Crippen LogP contribution is -2.43. The van der Waals surface area contributed by atoms with Gasteiger partial charge < -0.3 is 15.2 Å². The number of nitrogens with zero attached hydrogens (tertiary/aromatic N) is 1. The van der Waals surface area contributed by atoms with Crippen molar-refractivity contribution >= 4 is 5.91 Å². The van der Waals surface area contributed by atoms with E-state index in [0.717, 1.165) is 42.3 Å². The largest absolute Gasteiger partial charge is 0.497 e. The molecule has 0 spiro atoms. The van der Waals surface area contributed by atoms with Crippen molar-refractivity contribution in [2.24, 2.45) is 0 Å². The Morgan fingerprint density at radius 2 is 2.11 bits per heavy atom. The first kappa shape index (κ1) is 19.2. The summed E-state index contributed by atoms with van der Waals surface area (Å²) >= 11 is 0. The first-order chi connectivity index (χ1) is 12.7. The second-order valence-electron chi connectivity index (χ2n) is 6.52. The van der Waals surface area contributed by atoms with Crippen LogP contribution in [0.2, 0.25) is 0 Å². The topological polar surface area (TPSA) is 71.5 Å². The van der Waals surface area contributed by atoms with Gasteiger partial charge in [0.1, 0.15) is 17.0 Å². The fraction of sp³-hybridized carbons (Fsp3) is 0.368. The summed E-state index contributed by atoms with van der Waals surface area (Å²) in [6.45, 7) is -0.0494. The molecule has 1 aromatic carbocycles. The monoisotopic (exact) mass is 380 g/mol. The van der Waals surface area contributed by atoms with Gasteiger partial charge >= 0.3 is 6.18 Å². The minimum atomic E-state index is -4.56. The van der Waals surface area contributed by atoms with Gasteiger partial charge in [0.05, 0.1) is 19.2 Å². The number of methoxy groups -OCH3 is 1. The second kappa shape index (κ2) is 7.19. The first-order valence-electron chi connectivity index (χ1n) is 8.44. The Balaban J connectivity index is 1.72. The summed E-state index contributed by atoms with van der Waals surface area (Å²) in [5.74, 6) is 0.100. The second-order valence-corrected chi connectivity index (χ2v) is 6.52. The molecule has 1 aliphatic rings. The van der Waals surface area contributed by atoms with Crippen LogP contribution in [-0.4, -0.2) is 29.7 Å². The maximum absolute atomic E-state index is 12.6. The number of carbonyl (C=O) groups excluding carboxylic acids is 1. The van der Waals surface area contributed by atoms with Crippen molar-refractivity contribution in [2.45, 2.75) is 31.0 Å². The van der Waals surface area contributed by atoms with Crippen LogP contribution >= 0.6 is 0 Å². The molecule has 5 nitrogen and oxygen atoms in total. The minimum Gasteiger partial charge on any atom is -0.497 e. The van der Waals surface area contributed by atoms with Crippen LogP contribution in [0.25, 0.3) is 0 Å². The number of rotatable bonds is 4. The Bertz CT molecular complexity index is 837. The van der Waals surface area contributed by atoms with Gasteiger partial charge in [-0.1, -0.05) is 6.07 Å². The highest BCUT2D eigenvalue weighted by Crippen LogP contribution is 2.36. The van der Waals surface area contributed by atoms with Gasteiger partial charge in [0.25, 0.3) is 5.91 Å². The number of amides is 1. The van der Waals surface area contributed by atoms with Gasteiger partial charge in [-0.25, -0.2) is 0 Å². The third-order valence-electron chi connectivity index (χ3n) is 4.71. The lowest BCUT2D eigenvalue weighted by Gasteiger charge is -2.35. The van der Waals surface area contributed by atoms with Gasteiger partial charge in [-0.3, -0.25) is 9.78 Å². The number of aromatic nitrogens is 1. The van der Waals surface area contributed by atoms with Crippen molar-refractivity contribution in [3.05, 3.63) is 58.9 Å². The molecular weight excluding hydrogens is 361 g/mol. The van der Waals surface area contributed by atoms with Crippen LogP contribution in [0.5, 0.6) is 5.75 Å². The number of hydrogen-bond acceptors (Lipinski definition) is 4. The molecule has 2 aromatic rings. The number of alkyl halides is 3. The quantitative estimate of drug-likeness (QED) is 0.855. The number of hydrogen-bond donors (Lipinski definition) is 2. The molecule has 1 heterocycles. The summed E-state index contributed by atoms with van der Waals surface area (Å²) in [6, 6.07) is 7.21. The van der Waals surface area contributed by atoms with Crippen molar-refractivity contribution in [1.29, 1.82) is 0 Å². The molecule has 3 rings (SSSR count). The molecule has 0 saturated carbocycles. The molecule has 27 heavy (non-hydrogen) atoms. The molecule has 1 aromatic heterocycles. The van der Waals surface area contributed by atoms with Gasteiger partial charge in [-0.2, -0.15) is 13.2 Å². The highest BCUT2D eigenvalue weighted by atomic mass is 19.4. The van der Waals surface area contributed by atoms with E-state index in [0.29, 0.717) is 12.2 Å². The van der Waals surface area contributed by atoms with Gasteiger partial charge in [-0.15, -0.1) is 0 Å². The summed E-state index contributed by atoms with van der Waals surface area (Å²) in [7, 11) is 1.56. The van der Waals surface area contributed by atoms with Crippen LogP contribution in [0, 0.1) is 0 Å². The fourth-order valence-corrected chi connectivity index (χ4v) is 3.27. The van der Waals surface area contributed by atoms with E-state index in [4.69, 9.17) is 4.74 Å². The molecule has 2 N–H and O–H groups in total. The van der Waals surface area contributed by atoms with Crippen LogP contribution in [0.1, 0.15) is 40.0 Å². The Kier molecular flexibility index (Phi) is 5.10. The number of benzene rings is 1. The van der Waals surface area contributed by atoms with Crippen LogP contribution in [0.4, 0.5) is 13.2 Å². The molecule has 8 heteroatoms. The van der Waals surface area contributed by atoms with Gasteiger partial charge in [0.15, 0.2) is 0 Å². The minimum absolute atomic E-state index is 0.00244. The standard InChI is InChI=1S/C19H19F3N2O3/c1-27-14-5-6-15-12(9-14)3-2-8-18(15,26)11-24-17(25)13-4-7-16(23-10-13)19(20,21)22/h4-7,9-10,26H,2-3,8,11H2,1H3,(H,24,25)/t18-/m0/s1. The number of aliphatic hydroxyl groups is 1. The molecule has 0 unspecified atom stereocenters. The predicted octanol–water partition coefficient (Wildman–Crippen LogP) is 3.06. The maximum Gasteiger partial charge on any atom is 0.433 e. The van der Waals surface area contributed by atoms with Gasteiger partial charge in [-0.05, 0) is 54.7 Å². The average Bonchev–Trinajstić information content (AvgIpc) is 2.65. The van der Waals surface area contributed by atoms with Crippen LogP contribution in [0.15, 0.2) is 36.5 Å². The Hall–Kier alpha value is -2.61. The average molecular weight is 380 g/mol. The molecule has 0 aliphatic heterocycles. The Morgan fingerprint density at radius 1 is 1.33 bits per heavy atom. The van der Waals surface area contributed by atoms with Crippen LogP contribution in [-0.2, 0) is 18.2 Å². The first-order valence-corrected chi connectivity index (χ1v) is 8.44. The number of carbonyl (C=O) groups is 1. The summed E-state index contributed by atoms with van der Waals surface area (Å²) in [6.07, 6.45) is -1.67. The smallest absolute Gasteiger partial charge is 0.433 e. The van der Waals surface area contributed by atoms with E-state index >= 15 is 0 Å². The summed E-state index contributed by atoms with van der Waals surface area (Å²) in [5.41, 5.74) is -0.631.